The van der Waals surface area contributed by atoms with Crippen LogP contribution in [0.2, 0.25) is 0 Å². The molecule has 1 atom stereocenters. The average Bonchev–Trinajstić information content (AvgIpc) is 2.64. The molecule has 0 aliphatic carbocycles. The molecule has 1 saturated heterocycles. The van der Waals surface area contributed by atoms with Crippen molar-refractivity contribution in [1.29, 1.82) is 0 Å². The lowest BCUT2D eigenvalue weighted by Crippen LogP contribution is -2.26. The minimum atomic E-state index is -0.995. The number of carboxylic acid groups (broad SMARTS) is 1. The fraction of sp³-hybridized carbons (Fsp3) is 0.667. The van der Waals surface area contributed by atoms with Gasteiger partial charge in [0.25, 0.3) is 0 Å². The smallest absolute Gasteiger partial charge is 0.305 e. The van der Waals surface area contributed by atoms with Crippen LogP contribution >= 0.6 is 11.8 Å². The first-order valence-corrected chi connectivity index (χ1v) is 7.07. The van der Waals surface area contributed by atoms with Crippen LogP contribution in [0.1, 0.15) is 40.0 Å². The molecular weight excluding hydrogens is 266 g/mol. The third kappa shape index (κ3) is 5.87. The van der Waals surface area contributed by atoms with Gasteiger partial charge < -0.3 is 10.4 Å². The summed E-state index contributed by atoms with van der Waals surface area (Å²) in [5, 5.41) is 19.0. The highest BCUT2D eigenvalue weighted by Gasteiger charge is 2.32. The zero-order valence-corrected chi connectivity index (χ0v) is 12.2. The minimum Gasteiger partial charge on any atom is -0.481 e. The fourth-order valence-corrected chi connectivity index (χ4v) is 2.33. The van der Waals surface area contributed by atoms with Gasteiger partial charge in [-0.05, 0) is 25.7 Å². The van der Waals surface area contributed by atoms with E-state index in [-0.39, 0.29) is 12.3 Å². The largest absolute Gasteiger partial charge is 0.481 e. The van der Waals surface area contributed by atoms with Gasteiger partial charge in [0.05, 0.1) is 6.42 Å². The molecule has 1 aliphatic rings. The van der Waals surface area contributed by atoms with Crippen LogP contribution in [0.3, 0.4) is 0 Å². The van der Waals surface area contributed by atoms with Crippen molar-refractivity contribution in [2.45, 2.75) is 45.3 Å². The Morgan fingerprint density at radius 3 is 2.79 bits per heavy atom. The van der Waals surface area contributed by atoms with Crippen LogP contribution in [-0.2, 0) is 9.59 Å². The van der Waals surface area contributed by atoms with Gasteiger partial charge in [-0.15, -0.1) is 5.10 Å². The second-order valence-corrected chi connectivity index (χ2v) is 6.06. The number of amides is 1. The van der Waals surface area contributed by atoms with E-state index in [4.69, 9.17) is 5.11 Å². The SMILES string of the molecule is CC(CCC(C)C)=NN=C1NC(=O)C(CC(=O)O)S1. The summed E-state index contributed by atoms with van der Waals surface area (Å²) < 4.78 is 0. The number of amidine groups is 1. The first-order chi connectivity index (χ1) is 8.88. The van der Waals surface area contributed by atoms with Gasteiger partial charge in [0.15, 0.2) is 5.17 Å². The van der Waals surface area contributed by atoms with Gasteiger partial charge >= 0.3 is 5.97 Å². The van der Waals surface area contributed by atoms with Crippen molar-refractivity contribution in [3.05, 3.63) is 0 Å². The van der Waals surface area contributed by atoms with Crippen molar-refractivity contribution in [1.82, 2.24) is 5.32 Å². The number of hydrogen-bond acceptors (Lipinski definition) is 5. The first kappa shape index (κ1) is 15.7. The van der Waals surface area contributed by atoms with E-state index >= 15 is 0 Å². The zero-order chi connectivity index (χ0) is 14.4. The zero-order valence-electron chi connectivity index (χ0n) is 11.3. The lowest BCUT2D eigenvalue weighted by molar-refractivity contribution is -0.138. The third-order valence-electron chi connectivity index (χ3n) is 2.53. The summed E-state index contributed by atoms with van der Waals surface area (Å²) in [5.41, 5.74) is 0.901. The molecule has 106 valence electrons. The summed E-state index contributed by atoms with van der Waals surface area (Å²) in [5.74, 6) is -0.704. The normalized spacial score (nSPS) is 22.1. The van der Waals surface area contributed by atoms with Crippen molar-refractivity contribution in [3.8, 4) is 0 Å². The standard InChI is InChI=1S/C12H19N3O3S/c1-7(2)4-5-8(3)14-15-12-13-11(18)9(19-12)6-10(16)17/h7,9H,4-6H2,1-3H3,(H,16,17)(H,13,15,18). The third-order valence-corrected chi connectivity index (χ3v) is 3.60. The van der Waals surface area contributed by atoms with Crippen LogP contribution in [-0.4, -0.2) is 33.1 Å². The summed E-state index contributed by atoms with van der Waals surface area (Å²) in [6, 6.07) is 0. The number of thioether (sulfide) groups is 1. The molecule has 7 heteroatoms. The summed E-state index contributed by atoms with van der Waals surface area (Å²) in [7, 11) is 0. The van der Waals surface area contributed by atoms with E-state index in [1.54, 1.807) is 0 Å². The summed E-state index contributed by atoms with van der Waals surface area (Å²) >= 11 is 1.11. The Balaban J connectivity index is 2.53. The Bertz CT molecular complexity index is 418. The van der Waals surface area contributed by atoms with Crippen LogP contribution in [0.25, 0.3) is 0 Å². The van der Waals surface area contributed by atoms with E-state index in [9.17, 15) is 9.59 Å². The van der Waals surface area contributed by atoms with Crippen molar-refractivity contribution < 1.29 is 14.7 Å². The van der Waals surface area contributed by atoms with Gasteiger partial charge in [0.2, 0.25) is 5.91 Å². The lowest BCUT2D eigenvalue weighted by Gasteiger charge is -2.02. The van der Waals surface area contributed by atoms with Crippen molar-refractivity contribution in [2.24, 2.45) is 16.1 Å². The maximum absolute atomic E-state index is 11.5. The predicted octanol–water partition coefficient (Wildman–Crippen LogP) is 1.86. The predicted molar refractivity (Wildman–Crippen MR) is 76.4 cm³/mol. The molecule has 2 N–H and O–H groups in total. The molecule has 1 aliphatic heterocycles. The van der Waals surface area contributed by atoms with Gasteiger partial charge in [0.1, 0.15) is 5.25 Å². The Hall–Kier alpha value is -1.37. The first-order valence-electron chi connectivity index (χ1n) is 6.19. The highest BCUT2D eigenvalue weighted by molar-refractivity contribution is 8.15. The molecule has 1 heterocycles. The molecule has 0 radical (unpaired) electrons. The number of nitrogens with one attached hydrogen (secondary N) is 1. The molecule has 6 nitrogen and oxygen atoms in total. The Labute approximate surface area is 116 Å². The molecule has 0 bridgehead atoms. The number of carboxylic acids is 1. The van der Waals surface area contributed by atoms with Gasteiger partial charge in [-0.3, -0.25) is 9.59 Å². The second-order valence-electron chi connectivity index (χ2n) is 4.87. The minimum absolute atomic E-state index is 0.203. The molecule has 0 aromatic carbocycles. The van der Waals surface area contributed by atoms with Crippen LogP contribution in [0, 0.1) is 5.92 Å². The van der Waals surface area contributed by atoms with Gasteiger partial charge in [-0.1, -0.05) is 25.6 Å². The van der Waals surface area contributed by atoms with E-state index in [1.807, 2.05) is 6.92 Å². The quantitative estimate of drug-likeness (QED) is 0.575. The van der Waals surface area contributed by atoms with Gasteiger partial charge in [0, 0.05) is 5.71 Å². The maximum atomic E-state index is 11.5. The molecule has 0 saturated carbocycles. The van der Waals surface area contributed by atoms with Gasteiger partial charge in [-0.2, -0.15) is 5.10 Å². The maximum Gasteiger partial charge on any atom is 0.305 e. The fourth-order valence-electron chi connectivity index (χ4n) is 1.42. The second kappa shape index (κ2) is 7.28. The number of aliphatic carboxylic acids is 1. The van der Waals surface area contributed by atoms with Crippen LogP contribution in [0.15, 0.2) is 10.2 Å². The van der Waals surface area contributed by atoms with Crippen molar-refractivity contribution in [3.63, 3.8) is 0 Å². The summed E-state index contributed by atoms with van der Waals surface area (Å²) in [4.78, 5) is 22.0. The van der Waals surface area contributed by atoms with E-state index in [1.165, 1.54) is 0 Å². The molecule has 1 amide bonds. The summed E-state index contributed by atoms with van der Waals surface area (Å²) in [6.45, 7) is 6.17. The molecular formula is C12H19N3O3S. The van der Waals surface area contributed by atoms with E-state index < -0.39 is 11.2 Å². The van der Waals surface area contributed by atoms with Crippen molar-refractivity contribution in [2.75, 3.05) is 0 Å². The topological polar surface area (TPSA) is 91.1 Å². The van der Waals surface area contributed by atoms with E-state index in [0.717, 1.165) is 30.3 Å². The molecule has 0 aromatic heterocycles. The highest BCUT2D eigenvalue weighted by atomic mass is 32.2. The number of nitrogens with zero attached hydrogens (tertiary/aromatic N) is 2. The number of hydrogen-bond donors (Lipinski definition) is 2. The van der Waals surface area contributed by atoms with Crippen LogP contribution in [0.4, 0.5) is 0 Å². The van der Waals surface area contributed by atoms with Gasteiger partial charge in [-0.25, -0.2) is 0 Å². The summed E-state index contributed by atoms with van der Waals surface area (Å²) in [6.07, 6.45) is 1.71. The Morgan fingerprint density at radius 1 is 1.53 bits per heavy atom. The lowest BCUT2D eigenvalue weighted by atomic mass is 10.1. The number of rotatable bonds is 6. The Morgan fingerprint density at radius 2 is 2.21 bits per heavy atom. The molecule has 1 fully saturated rings. The average molecular weight is 285 g/mol. The monoisotopic (exact) mass is 285 g/mol. The molecule has 0 spiro atoms. The molecule has 1 rings (SSSR count). The molecule has 19 heavy (non-hydrogen) atoms. The van der Waals surface area contributed by atoms with Crippen LogP contribution < -0.4 is 5.32 Å². The molecule has 0 aromatic rings. The van der Waals surface area contributed by atoms with E-state index in [2.05, 4.69) is 29.4 Å². The highest BCUT2D eigenvalue weighted by Crippen LogP contribution is 2.22. The number of carbonyl (C=O) groups excluding carboxylic acids is 1. The van der Waals surface area contributed by atoms with E-state index in [0.29, 0.717) is 11.1 Å². The molecule has 1 unspecified atom stereocenters. The van der Waals surface area contributed by atoms with Crippen LogP contribution in [0.5, 0.6) is 0 Å². The van der Waals surface area contributed by atoms with Crippen molar-refractivity contribution >= 4 is 34.5 Å². The Kier molecular flexibility index (Phi) is 6.01. The number of carbonyl (C=O) groups is 2.